The van der Waals surface area contributed by atoms with Crippen LogP contribution < -0.4 is 14.4 Å². The Morgan fingerprint density at radius 3 is 2.19 bits per heavy atom. The third-order valence-corrected chi connectivity index (χ3v) is 6.52. The van der Waals surface area contributed by atoms with Crippen LogP contribution in [0.2, 0.25) is 0 Å². The summed E-state index contributed by atoms with van der Waals surface area (Å²) < 4.78 is 31.5. The van der Waals surface area contributed by atoms with E-state index in [4.69, 9.17) is 4.74 Å². The summed E-state index contributed by atoms with van der Waals surface area (Å²) in [6.07, 6.45) is 1.12. The van der Waals surface area contributed by atoms with Crippen molar-refractivity contribution in [3.05, 3.63) is 58.1 Å². The zero-order chi connectivity index (χ0) is 23.5. The number of rotatable bonds is 8. The molecular weight excluding hydrogens is 412 g/mol. The van der Waals surface area contributed by atoms with Gasteiger partial charge < -0.3 is 10.1 Å². The largest absolute Gasteiger partial charge is 0.496 e. The number of nitrogens with zero attached hydrogens (tertiary/aromatic N) is 1. The van der Waals surface area contributed by atoms with Crippen molar-refractivity contribution in [3.63, 3.8) is 0 Å². The van der Waals surface area contributed by atoms with Crippen molar-refractivity contribution in [1.82, 2.24) is 5.32 Å². The molecule has 0 bridgehead atoms. The Balaban J connectivity index is 2.28. The van der Waals surface area contributed by atoms with Crippen LogP contribution in [-0.2, 0) is 14.8 Å². The molecule has 0 aliphatic rings. The smallest absolute Gasteiger partial charge is 0.241 e. The van der Waals surface area contributed by atoms with Gasteiger partial charge >= 0.3 is 0 Å². The average Bonchev–Trinajstić information content (AvgIpc) is 2.65. The molecule has 1 amide bonds. The van der Waals surface area contributed by atoms with Gasteiger partial charge in [-0.3, -0.25) is 9.10 Å². The molecule has 0 aromatic heterocycles. The zero-order valence-electron chi connectivity index (χ0n) is 19.7. The van der Waals surface area contributed by atoms with Gasteiger partial charge in [0.2, 0.25) is 15.9 Å². The van der Waals surface area contributed by atoms with E-state index in [0.717, 1.165) is 44.1 Å². The number of nitrogens with one attached hydrogen (secondary N) is 1. The summed E-state index contributed by atoms with van der Waals surface area (Å²) in [5.74, 6) is 0.731. The molecule has 1 unspecified atom stereocenters. The van der Waals surface area contributed by atoms with E-state index in [-0.39, 0.29) is 24.4 Å². The Bertz CT molecular complexity index is 1060. The van der Waals surface area contributed by atoms with Gasteiger partial charge in [-0.15, -0.1) is 0 Å². The summed E-state index contributed by atoms with van der Waals surface area (Å²) in [4.78, 5) is 12.8. The standard InChI is InChI=1S/C24H34N2O4S/c1-15(2)20-13-21(17(4)12-23(20)30-7)19(6)25-24(27)14-26(31(8,28)29)22-10-9-16(3)11-18(22)5/h9-13,15,19H,14H2,1-8H3,(H,25,27). The van der Waals surface area contributed by atoms with E-state index >= 15 is 0 Å². The van der Waals surface area contributed by atoms with Gasteiger partial charge in [-0.25, -0.2) is 8.42 Å². The molecule has 0 heterocycles. The fourth-order valence-corrected chi connectivity index (χ4v) is 4.69. The van der Waals surface area contributed by atoms with Gasteiger partial charge in [-0.1, -0.05) is 31.5 Å². The van der Waals surface area contributed by atoms with E-state index in [2.05, 4.69) is 25.2 Å². The lowest BCUT2D eigenvalue weighted by atomic mass is 9.93. The van der Waals surface area contributed by atoms with Crippen molar-refractivity contribution in [2.75, 3.05) is 24.2 Å². The molecule has 170 valence electrons. The lowest BCUT2D eigenvalue weighted by Crippen LogP contribution is -2.41. The number of carbonyl (C=O) groups is 1. The van der Waals surface area contributed by atoms with Crippen molar-refractivity contribution >= 4 is 21.6 Å². The molecular formula is C24H34N2O4S. The summed E-state index contributed by atoms with van der Waals surface area (Å²) >= 11 is 0. The van der Waals surface area contributed by atoms with Gasteiger partial charge in [0.15, 0.2) is 0 Å². The third-order valence-electron chi connectivity index (χ3n) is 5.39. The number of methoxy groups -OCH3 is 1. The minimum atomic E-state index is -3.63. The Morgan fingerprint density at radius 2 is 1.68 bits per heavy atom. The highest BCUT2D eigenvalue weighted by Gasteiger charge is 2.24. The minimum Gasteiger partial charge on any atom is -0.496 e. The van der Waals surface area contributed by atoms with Gasteiger partial charge in [-0.2, -0.15) is 0 Å². The summed E-state index contributed by atoms with van der Waals surface area (Å²) in [7, 11) is -1.98. The van der Waals surface area contributed by atoms with Crippen LogP contribution in [0.1, 0.15) is 60.5 Å². The number of anilines is 1. The first-order valence-corrected chi connectivity index (χ1v) is 12.2. The summed E-state index contributed by atoms with van der Waals surface area (Å²) in [5.41, 5.74) is 5.40. The zero-order valence-corrected chi connectivity index (χ0v) is 20.6. The van der Waals surface area contributed by atoms with Crippen molar-refractivity contribution in [3.8, 4) is 5.75 Å². The van der Waals surface area contributed by atoms with Gasteiger partial charge in [0.1, 0.15) is 12.3 Å². The van der Waals surface area contributed by atoms with Gasteiger partial charge in [0.05, 0.1) is 25.1 Å². The van der Waals surface area contributed by atoms with Crippen LogP contribution in [0.5, 0.6) is 5.75 Å². The van der Waals surface area contributed by atoms with Gasteiger partial charge in [0.25, 0.3) is 0 Å². The fraction of sp³-hybridized carbons (Fsp3) is 0.458. The lowest BCUT2D eigenvalue weighted by Gasteiger charge is -2.26. The molecule has 2 aromatic rings. The number of hydrogen-bond donors (Lipinski definition) is 1. The van der Waals surface area contributed by atoms with Crippen LogP contribution in [0.15, 0.2) is 30.3 Å². The Morgan fingerprint density at radius 1 is 1.03 bits per heavy atom. The SMILES string of the molecule is COc1cc(C)c(C(C)NC(=O)CN(c2ccc(C)cc2C)S(C)(=O)=O)cc1C(C)C. The molecule has 1 atom stereocenters. The minimum absolute atomic E-state index is 0.266. The number of aryl methyl sites for hydroxylation is 3. The molecule has 0 saturated heterocycles. The summed E-state index contributed by atoms with van der Waals surface area (Å²) in [6, 6.07) is 9.24. The molecule has 0 spiro atoms. The van der Waals surface area contributed by atoms with E-state index in [1.165, 1.54) is 0 Å². The molecule has 1 N–H and O–H groups in total. The van der Waals surface area contributed by atoms with E-state index in [1.54, 1.807) is 13.2 Å². The molecule has 31 heavy (non-hydrogen) atoms. The molecule has 0 aliphatic carbocycles. The van der Waals surface area contributed by atoms with Crippen LogP contribution in [0.4, 0.5) is 5.69 Å². The number of benzene rings is 2. The second kappa shape index (κ2) is 9.73. The van der Waals surface area contributed by atoms with Crippen molar-refractivity contribution < 1.29 is 17.9 Å². The molecule has 0 fully saturated rings. The topological polar surface area (TPSA) is 75.7 Å². The number of hydrogen-bond acceptors (Lipinski definition) is 4. The number of amides is 1. The number of ether oxygens (including phenoxy) is 1. The maximum absolute atomic E-state index is 12.8. The first-order valence-electron chi connectivity index (χ1n) is 10.4. The molecule has 2 aromatic carbocycles. The second-order valence-electron chi connectivity index (χ2n) is 8.45. The number of sulfonamides is 1. The van der Waals surface area contributed by atoms with Crippen LogP contribution in [0.3, 0.4) is 0 Å². The monoisotopic (exact) mass is 446 g/mol. The summed E-state index contributed by atoms with van der Waals surface area (Å²) in [5, 5.41) is 2.96. The highest BCUT2D eigenvalue weighted by molar-refractivity contribution is 7.92. The van der Waals surface area contributed by atoms with E-state index in [9.17, 15) is 13.2 Å². The average molecular weight is 447 g/mol. The predicted molar refractivity (Wildman–Crippen MR) is 126 cm³/mol. The van der Waals surface area contributed by atoms with Crippen LogP contribution in [-0.4, -0.2) is 34.2 Å². The highest BCUT2D eigenvalue weighted by atomic mass is 32.2. The lowest BCUT2D eigenvalue weighted by molar-refractivity contribution is -0.120. The Hall–Kier alpha value is -2.54. The van der Waals surface area contributed by atoms with E-state index in [0.29, 0.717) is 5.69 Å². The molecule has 0 saturated carbocycles. The maximum Gasteiger partial charge on any atom is 0.241 e. The Labute approximate surface area is 186 Å². The molecule has 0 aliphatic heterocycles. The predicted octanol–water partition coefficient (Wildman–Crippen LogP) is 4.39. The second-order valence-corrected chi connectivity index (χ2v) is 10.4. The normalized spacial score (nSPS) is 12.5. The van der Waals surface area contributed by atoms with Crippen molar-refractivity contribution in [1.29, 1.82) is 0 Å². The first kappa shape index (κ1) is 24.7. The third kappa shape index (κ3) is 6.00. The van der Waals surface area contributed by atoms with E-state index < -0.39 is 10.0 Å². The van der Waals surface area contributed by atoms with Crippen LogP contribution in [0.25, 0.3) is 0 Å². The summed E-state index contributed by atoms with van der Waals surface area (Å²) in [6.45, 7) is 11.6. The van der Waals surface area contributed by atoms with Gasteiger partial charge in [0, 0.05) is 0 Å². The highest BCUT2D eigenvalue weighted by Crippen LogP contribution is 2.32. The van der Waals surface area contributed by atoms with E-state index in [1.807, 2.05) is 45.9 Å². The van der Waals surface area contributed by atoms with Crippen molar-refractivity contribution in [2.24, 2.45) is 0 Å². The quantitative estimate of drug-likeness (QED) is 0.653. The maximum atomic E-state index is 12.8. The molecule has 2 rings (SSSR count). The molecule has 0 radical (unpaired) electrons. The van der Waals surface area contributed by atoms with Crippen LogP contribution >= 0.6 is 0 Å². The fourth-order valence-electron chi connectivity index (χ4n) is 3.77. The first-order chi connectivity index (χ1) is 14.3. The molecule has 6 nitrogen and oxygen atoms in total. The number of carbonyl (C=O) groups excluding carboxylic acids is 1. The van der Waals surface area contributed by atoms with Gasteiger partial charge in [-0.05, 0) is 74.1 Å². The molecule has 7 heteroatoms. The van der Waals surface area contributed by atoms with Crippen molar-refractivity contribution in [2.45, 2.75) is 53.5 Å². The van der Waals surface area contributed by atoms with Crippen LogP contribution in [0, 0.1) is 20.8 Å². The Kier molecular flexibility index (Phi) is 7.76.